The van der Waals surface area contributed by atoms with Crippen LogP contribution in [-0.4, -0.2) is 57.1 Å². The molecule has 0 radical (unpaired) electrons. The maximum atomic E-state index is 12.5. The van der Waals surface area contributed by atoms with Gasteiger partial charge in [0.25, 0.3) is 5.91 Å². The minimum absolute atomic E-state index is 0.118. The fourth-order valence-electron chi connectivity index (χ4n) is 2.25. The van der Waals surface area contributed by atoms with Crippen molar-refractivity contribution in [2.24, 2.45) is 0 Å². The third-order valence-electron chi connectivity index (χ3n) is 3.32. The van der Waals surface area contributed by atoms with Crippen molar-refractivity contribution in [2.45, 2.75) is 31.2 Å². The van der Waals surface area contributed by atoms with E-state index in [1.165, 1.54) is 16.4 Å². The van der Waals surface area contributed by atoms with Crippen molar-refractivity contribution in [1.82, 2.24) is 9.62 Å². The van der Waals surface area contributed by atoms with Gasteiger partial charge in [-0.05, 0) is 45.0 Å². The van der Waals surface area contributed by atoms with Crippen molar-refractivity contribution >= 4 is 15.9 Å². The van der Waals surface area contributed by atoms with Gasteiger partial charge in [-0.3, -0.25) is 4.79 Å². The number of sulfonamides is 1. The van der Waals surface area contributed by atoms with Gasteiger partial charge in [0.2, 0.25) is 10.0 Å². The zero-order valence-electron chi connectivity index (χ0n) is 14.2. The summed E-state index contributed by atoms with van der Waals surface area (Å²) in [5.41, 5.74) is -0.323. The van der Waals surface area contributed by atoms with Gasteiger partial charge in [-0.15, -0.1) is 0 Å². The Morgan fingerprint density at radius 1 is 1.21 bits per heavy atom. The number of benzene rings is 1. The van der Waals surface area contributed by atoms with Crippen LogP contribution in [0.15, 0.2) is 29.2 Å². The molecule has 1 heterocycles. The number of amides is 1. The minimum Gasteiger partial charge on any atom is -0.484 e. The first-order valence-corrected chi connectivity index (χ1v) is 9.24. The SMILES string of the molecule is CC(C)(C)NC(=O)COc1ccc(S(=O)(=O)N2CCOCC2)cc1. The summed E-state index contributed by atoms with van der Waals surface area (Å²) < 4.78 is 36.9. The first-order valence-electron chi connectivity index (χ1n) is 7.80. The molecule has 8 heteroatoms. The van der Waals surface area contributed by atoms with Gasteiger partial charge in [0.1, 0.15) is 5.75 Å². The van der Waals surface area contributed by atoms with Crippen LogP contribution in [0.4, 0.5) is 0 Å². The van der Waals surface area contributed by atoms with E-state index in [-0.39, 0.29) is 22.9 Å². The maximum absolute atomic E-state index is 12.5. The lowest BCUT2D eigenvalue weighted by atomic mass is 10.1. The van der Waals surface area contributed by atoms with E-state index in [1.54, 1.807) is 12.1 Å². The molecule has 24 heavy (non-hydrogen) atoms. The van der Waals surface area contributed by atoms with Crippen LogP contribution in [0.1, 0.15) is 20.8 Å². The highest BCUT2D eigenvalue weighted by molar-refractivity contribution is 7.89. The molecule has 1 aromatic carbocycles. The number of carbonyl (C=O) groups is 1. The molecule has 1 fully saturated rings. The minimum atomic E-state index is -3.52. The predicted octanol–water partition coefficient (Wildman–Crippen LogP) is 1.00. The molecule has 1 aliphatic rings. The maximum Gasteiger partial charge on any atom is 0.258 e. The normalized spacial score (nSPS) is 16.6. The molecule has 134 valence electrons. The largest absolute Gasteiger partial charge is 0.484 e. The molecule has 0 aliphatic carbocycles. The van der Waals surface area contributed by atoms with Crippen LogP contribution < -0.4 is 10.1 Å². The van der Waals surface area contributed by atoms with Crippen molar-refractivity contribution in [3.05, 3.63) is 24.3 Å². The lowest BCUT2D eigenvalue weighted by Gasteiger charge is -2.26. The van der Waals surface area contributed by atoms with Crippen molar-refractivity contribution in [2.75, 3.05) is 32.9 Å². The first kappa shape index (κ1) is 18.7. The Hall–Kier alpha value is -1.64. The topological polar surface area (TPSA) is 84.9 Å². The molecule has 0 aromatic heterocycles. The number of carbonyl (C=O) groups excluding carboxylic acids is 1. The molecule has 1 aliphatic heterocycles. The summed E-state index contributed by atoms with van der Waals surface area (Å²) in [6.07, 6.45) is 0. The molecule has 0 bridgehead atoms. The zero-order valence-corrected chi connectivity index (χ0v) is 15.1. The van der Waals surface area contributed by atoms with E-state index in [2.05, 4.69) is 5.32 Å². The molecule has 1 amide bonds. The molecule has 1 aromatic rings. The van der Waals surface area contributed by atoms with Crippen LogP contribution in [-0.2, 0) is 19.6 Å². The Bertz CT molecular complexity index is 659. The van der Waals surface area contributed by atoms with Crippen LogP contribution in [0.5, 0.6) is 5.75 Å². The van der Waals surface area contributed by atoms with Gasteiger partial charge in [0.15, 0.2) is 6.61 Å². The van der Waals surface area contributed by atoms with E-state index in [4.69, 9.17) is 9.47 Å². The summed E-state index contributed by atoms with van der Waals surface area (Å²) in [6, 6.07) is 6.08. The van der Waals surface area contributed by atoms with E-state index in [0.29, 0.717) is 32.1 Å². The van der Waals surface area contributed by atoms with Crippen LogP contribution in [0.2, 0.25) is 0 Å². The lowest BCUT2D eigenvalue weighted by Crippen LogP contribution is -2.43. The molecule has 7 nitrogen and oxygen atoms in total. The quantitative estimate of drug-likeness (QED) is 0.851. The molecule has 0 unspecified atom stereocenters. The molecule has 2 rings (SSSR count). The molecule has 1 N–H and O–H groups in total. The van der Waals surface area contributed by atoms with Crippen LogP contribution >= 0.6 is 0 Å². The van der Waals surface area contributed by atoms with Crippen LogP contribution in [0, 0.1) is 0 Å². The van der Waals surface area contributed by atoms with Gasteiger partial charge in [-0.25, -0.2) is 8.42 Å². The Kier molecular flexibility index (Phi) is 5.84. The third-order valence-corrected chi connectivity index (χ3v) is 5.23. The summed E-state index contributed by atoms with van der Waals surface area (Å²) in [4.78, 5) is 11.9. The molecular formula is C16H24N2O5S. The zero-order chi connectivity index (χ0) is 17.8. The molecule has 0 atom stereocenters. The van der Waals surface area contributed by atoms with Crippen molar-refractivity contribution < 1.29 is 22.7 Å². The van der Waals surface area contributed by atoms with Crippen molar-refractivity contribution in [3.63, 3.8) is 0 Å². The number of rotatable bonds is 5. The van der Waals surface area contributed by atoms with E-state index < -0.39 is 10.0 Å². The second-order valence-corrected chi connectivity index (χ2v) is 8.51. The van der Waals surface area contributed by atoms with Crippen LogP contribution in [0.25, 0.3) is 0 Å². The van der Waals surface area contributed by atoms with Gasteiger partial charge >= 0.3 is 0 Å². The predicted molar refractivity (Wildman–Crippen MR) is 89.4 cm³/mol. The summed E-state index contributed by atoms with van der Waals surface area (Å²) in [5.74, 6) is 0.215. The van der Waals surface area contributed by atoms with Gasteiger partial charge in [0.05, 0.1) is 18.1 Å². The molecule has 0 saturated carbocycles. The Balaban J connectivity index is 1.96. The fraction of sp³-hybridized carbons (Fsp3) is 0.562. The number of morpholine rings is 1. The van der Waals surface area contributed by atoms with E-state index in [0.717, 1.165) is 0 Å². The number of ether oxygens (including phenoxy) is 2. The molecular weight excluding hydrogens is 332 g/mol. The number of nitrogens with one attached hydrogen (secondary N) is 1. The number of nitrogens with zero attached hydrogens (tertiary/aromatic N) is 1. The summed E-state index contributed by atoms with van der Waals surface area (Å²) in [6.45, 7) is 7.06. The molecule has 1 saturated heterocycles. The van der Waals surface area contributed by atoms with Crippen LogP contribution in [0.3, 0.4) is 0 Å². The molecule has 0 spiro atoms. The second-order valence-electron chi connectivity index (χ2n) is 6.57. The van der Waals surface area contributed by atoms with Crippen molar-refractivity contribution in [3.8, 4) is 5.75 Å². The monoisotopic (exact) mass is 356 g/mol. The highest BCUT2D eigenvalue weighted by Gasteiger charge is 2.26. The first-order chi connectivity index (χ1) is 11.2. The average Bonchev–Trinajstić information content (AvgIpc) is 2.52. The van der Waals surface area contributed by atoms with Gasteiger partial charge in [-0.1, -0.05) is 0 Å². The van der Waals surface area contributed by atoms with Gasteiger partial charge in [0, 0.05) is 18.6 Å². The van der Waals surface area contributed by atoms with E-state index >= 15 is 0 Å². The smallest absolute Gasteiger partial charge is 0.258 e. The lowest BCUT2D eigenvalue weighted by molar-refractivity contribution is -0.124. The summed E-state index contributed by atoms with van der Waals surface area (Å²) in [7, 11) is -3.52. The Morgan fingerprint density at radius 3 is 2.33 bits per heavy atom. The van der Waals surface area contributed by atoms with E-state index in [1.807, 2.05) is 20.8 Å². The number of hydrogen-bond donors (Lipinski definition) is 1. The second kappa shape index (κ2) is 7.50. The van der Waals surface area contributed by atoms with Gasteiger partial charge < -0.3 is 14.8 Å². The third kappa shape index (κ3) is 5.19. The summed E-state index contributed by atoms with van der Waals surface area (Å²) in [5, 5.41) is 2.79. The van der Waals surface area contributed by atoms with Gasteiger partial charge in [-0.2, -0.15) is 4.31 Å². The standard InChI is InChI=1S/C16H24N2O5S/c1-16(2,3)17-15(19)12-23-13-4-6-14(7-5-13)24(20,21)18-8-10-22-11-9-18/h4-7H,8-12H2,1-3H3,(H,17,19). The number of hydrogen-bond acceptors (Lipinski definition) is 5. The fourth-order valence-corrected chi connectivity index (χ4v) is 3.66. The highest BCUT2D eigenvalue weighted by atomic mass is 32.2. The van der Waals surface area contributed by atoms with E-state index in [9.17, 15) is 13.2 Å². The Labute approximate surface area is 143 Å². The average molecular weight is 356 g/mol. The highest BCUT2D eigenvalue weighted by Crippen LogP contribution is 2.20. The Morgan fingerprint density at radius 2 is 1.79 bits per heavy atom. The van der Waals surface area contributed by atoms with Crippen molar-refractivity contribution in [1.29, 1.82) is 0 Å². The summed E-state index contributed by atoms with van der Waals surface area (Å²) >= 11 is 0.